The molecule has 0 bridgehead atoms. The second-order valence-corrected chi connectivity index (χ2v) is 4.21. The summed E-state index contributed by atoms with van der Waals surface area (Å²) in [4.78, 5) is 4.30. The van der Waals surface area contributed by atoms with Gasteiger partial charge in [-0.1, -0.05) is 36.8 Å². The summed E-state index contributed by atoms with van der Waals surface area (Å²) in [5.41, 5.74) is 2.31. The van der Waals surface area contributed by atoms with Gasteiger partial charge in [-0.05, 0) is 20.4 Å². The van der Waals surface area contributed by atoms with Crippen molar-refractivity contribution in [2.45, 2.75) is 26.8 Å². The molecule has 1 unspecified atom stereocenters. The van der Waals surface area contributed by atoms with E-state index < -0.39 is 0 Å². The molecule has 3 nitrogen and oxygen atoms in total. The van der Waals surface area contributed by atoms with E-state index >= 15 is 0 Å². The van der Waals surface area contributed by atoms with E-state index in [1.54, 1.807) is 6.20 Å². The molecule has 0 aliphatic carbocycles. The molecular formula is C14H18N2O. The summed E-state index contributed by atoms with van der Waals surface area (Å²) in [5.74, 6) is 1.56. The van der Waals surface area contributed by atoms with Crippen LogP contribution < -0.4 is 5.32 Å². The maximum atomic E-state index is 5.75. The van der Waals surface area contributed by atoms with Crippen molar-refractivity contribution >= 4 is 0 Å². The van der Waals surface area contributed by atoms with Gasteiger partial charge in [-0.25, -0.2) is 4.98 Å². The highest BCUT2D eigenvalue weighted by Gasteiger charge is 2.11. The van der Waals surface area contributed by atoms with Crippen LogP contribution in [0.15, 0.2) is 34.9 Å². The Kier molecular flexibility index (Phi) is 3.59. The summed E-state index contributed by atoms with van der Waals surface area (Å²) in [6, 6.07) is 8.41. The lowest BCUT2D eigenvalue weighted by Gasteiger charge is -2.06. The number of rotatable bonds is 4. The highest BCUT2D eigenvalue weighted by atomic mass is 16.4. The van der Waals surface area contributed by atoms with Gasteiger partial charge in [0.25, 0.3) is 0 Å². The Morgan fingerprint density at radius 3 is 2.65 bits per heavy atom. The van der Waals surface area contributed by atoms with Gasteiger partial charge in [-0.3, -0.25) is 0 Å². The lowest BCUT2D eigenvalue weighted by atomic mass is 10.1. The second-order valence-electron chi connectivity index (χ2n) is 4.21. The van der Waals surface area contributed by atoms with Crippen LogP contribution in [0, 0.1) is 6.92 Å². The van der Waals surface area contributed by atoms with Gasteiger partial charge < -0.3 is 9.73 Å². The van der Waals surface area contributed by atoms with E-state index in [0.717, 1.165) is 23.8 Å². The molecule has 0 saturated carbocycles. The van der Waals surface area contributed by atoms with Crippen LogP contribution in [0.1, 0.15) is 31.3 Å². The second kappa shape index (κ2) is 5.15. The topological polar surface area (TPSA) is 38.1 Å². The summed E-state index contributed by atoms with van der Waals surface area (Å²) >= 11 is 0. The molecule has 2 rings (SSSR count). The van der Waals surface area contributed by atoms with Crippen LogP contribution >= 0.6 is 0 Å². The van der Waals surface area contributed by atoms with Crippen LogP contribution in [0.5, 0.6) is 0 Å². The normalized spacial score (nSPS) is 12.6. The summed E-state index contributed by atoms with van der Waals surface area (Å²) in [5, 5.41) is 3.28. The largest absolute Gasteiger partial charge is 0.439 e. The molecule has 0 spiro atoms. The first kappa shape index (κ1) is 11.9. The molecule has 1 aromatic heterocycles. The van der Waals surface area contributed by atoms with Crippen molar-refractivity contribution in [2.24, 2.45) is 0 Å². The fraction of sp³-hybridized carbons (Fsp3) is 0.357. The number of aryl methyl sites for hydroxylation is 1. The smallest absolute Gasteiger partial charge is 0.211 e. The Balaban J connectivity index is 2.20. The highest BCUT2D eigenvalue weighted by molar-refractivity contribution is 5.56. The van der Waals surface area contributed by atoms with Gasteiger partial charge >= 0.3 is 0 Å². The van der Waals surface area contributed by atoms with Crippen LogP contribution in [-0.2, 0) is 0 Å². The lowest BCUT2D eigenvalue weighted by molar-refractivity contribution is 0.429. The van der Waals surface area contributed by atoms with E-state index in [1.165, 1.54) is 5.56 Å². The van der Waals surface area contributed by atoms with Crippen molar-refractivity contribution in [2.75, 3.05) is 6.54 Å². The van der Waals surface area contributed by atoms with Crippen molar-refractivity contribution < 1.29 is 4.42 Å². The van der Waals surface area contributed by atoms with Crippen LogP contribution in [-0.4, -0.2) is 11.5 Å². The SMILES string of the molecule is CCNC(C)c1ncc(-c2ccc(C)cc2)o1. The minimum absolute atomic E-state index is 0.152. The number of nitrogens with one attached hydrogen (secondary N) is 1. The monoisotopic (exact) mass is 230 g/mol. The van der Waals surface area contributed by atoms with Gasteiger partial charge in [-0.15, -0.1) is 0 Å². The van der Waals surface area contributed by atoms with E-state index in [0.29, 0.717) is 0 Å². The molecular weight excluding hydrogens is 212 g/mol. The molecule has 1 atom stereocenters. The molecule has 90 valence electrons. The molecule has 0 fully saturated rings. The van der Waals surface area contributed by atoms with Crippen molar-refractivity contribution in [1.29, 1.82) is 0 Å². The van der Waals surface area contributed by atoms with Crippen LogP contribution in [0.2, 0.25) is 0 Å². The predicted octanol–water partition coefficient (Wildman–Crippen LogP) is 3.32. The minimum Gasteiger partial charge on any atom is -0.439 e. The van der Waals surface area contributed by atoms with Gasteiger partial charge in [0.05, 0.1) is 12.2 Å². The Morgan fingerprint density at radius 2 is 2.00 bits per heavy atom. The molecule has 0 radical (unpaired) electrons. The number of hydrogen-bond donors (Lipinski definition) is 1. The average molecular weight is 230 g/mol. The van der Waals surface area contributed by atoms with Crippen LogP contribution in [0.25, 0.3) is 11.3 Å². The molecule has 1 N–H and O–H groups in total. The molecule has 0 aliphatic rings. The van der Waals surface area contributed by atoms with Crippen molar-refractivity contribution in [1.82, 2.24) is 10.3 Å². The Labute approximate surface area is 102 Å². The van der Waals surface area contributed by atoms with Gasteiger partial charge in [0.2, 0.25) is 5.89 Å². The molecule has 2 aromatic rings. The van der Waals surface area contributed by atoms with Gasteiger partial charge in [0, 0.05) is 5.56 Å². The van der Waals surface area contributed by atoms with E-state index in [-0.39, 0.29) is 6.04 Å². The number of hydrogen-bond acceptors (Lipinski definition) is 3. The van der Waals surface area contributed by atoms with Gasteiger partial charge in [0.15, 0.2) is 5.76 Å². The summed E-state index contributed by atoms with van der Waals surface area (Å²) in [6.45, 7) is 7.10. The zero-order valence-corrected chi connectivity index (χ0v) is 10.5. The first-order chi connectivity index (χ1) is 8.20. The molecule has 17 heavy (non-hydrogen) atoms. The summed E-state index contributed by atoms with van der Waals surface area (Å²) in [6.07, 6.45) is 1.79. The number of nitrogens with zero attached hydrogens (tertiary/aromatic N) is 1. The predicted molar refractivity (Wildman–Crippen MR) is 68.8 cm³/mol. The first-order valence-corrected chi connectivity index (χ1v) is 5.97. The molecule has 3 heteroatoms. The van der Waals surface area contributed by atoms with Gasteiger partial charge in [0.1, 0.15) is 0 Å². The first-order valence-electron chi connectivity index (χ1n) is 5.97. The van der Waals surface area contributed by atoms with Crippen molar-refractivity contribution in [3.63, 3.8) is 0 Å². The molecule has 1 aromatic carbocycles. The maximum Gasteiger partial charge on any atom is 0.211 e. The molecule has 1 heterocycles. The van der Waals surface area contributed by atoms with Crippen molar-refractivity contribution in [3.8, 4) is 11.3 Å². The average Bonchev–Trinajstić information content (AvgIpc) is 2.80. The number of aromatic nitrogens is 1. The van der Waals surface area contributed by atoms with Crippen molar-refractivity contribution in [3.05, 3.63) is 41.9 Å². The minimum atomic E-state index is 0.152. The Morgan fingerprint density at radius 1 is 1.29 bits per heavy atom. The summed E-state index contributed by atoms with van der Waals surface area (Å²) < 4.78 is 5.75. The zero-order chi connectivity index (χ0) is 12.3. The molecule has 0 amide bonds. The van der Waals surface area contributed by atoms with E-state index in [4.69, 9.17) is 4.42 Å². The van der Waals surface area contributed by atoms with Crippen LogP contribution in [0.4, 0.5) is 0 Å². The maximum absolute atomic E-state index is 5.75. The summed E-state index contributed by atoms with van der Waals surface area (Å²) in [7, 11) is 0. The lowest BCUT2D eigenvalue weighted by Crippen LogP contribution is -2.17. The fourth-order valence-electron chi connectivity index (χ4n) is 1.73. The quantitative estimate of drug-likeness (QED) is 0.875. The number of benzene rings is 1. The molecule has 0 saturated heterocycles. The Hall–Kier alpha value is -1.61. The highest BCUT2D eigenvalue weighted by Crippen LogP contribution is 2.23. The van der Waals surface area contributed by atoms with E-state index in [9.17, 15) is 0 Å². The number of oxazole rings is 1. The third kappa shape index (κ3) is 2.74. The fourth-order valence-corrected chi connectivity index (χ4v) is 1.73. The van der Waals surface area contributed by atoms with Gasteiger partial charge in [-0.2, -0.15) is 0 Å². The van der Waals surface area contributed by atoms with E-state index in [1.807, 2.05) is 6.92 Å². The molecule has 0 aliphatic heterocycles. The standard InChI is InChI=1S/C14H18N2O/c1-4-15-11(3)14-16-9-13(17-14)12-7-5-10(2)6-8-12/h5-9,11,15H,4H2,1-3H3. The third-order valence-corrected chi connectivity index (χ3v) is 2.74. The Bertz CT molecular complexity index is 473. The third-order valence-electron chi connectivity index (χ3n) is 2.74. The van der Waals surface area contributed by atoms with E-state index in [2.05, 4.69) is 48.4 Å². The zero-order valence-electron chi connectivity index (χ0n) is 10.5. The van der Waals surface area contributed by atoms with Crippen LogP contribution in [0.3, 0.4) is 0 Å².